The molecule has 0 saturated carbocycles. The van der Waals surface area contributed by atoms with Crippen molar-refractivity contribution in [3.8, 4) is 0 Å². The molecule has 7 heteroatoms. The van der Waals surface area contributed by atoms with Crippen molar-refractivity contribution in [2.24, 2.45) is 4.99 Å². The number of aliphatic imine (C=N–C) groups is 1. The highest BCUT2D eigenvalue weighted by Gasteiger charge is 2.08. The van der Waals surface area contributed by atoms with Gasteiger partial charge in [0.2, 0.25) is 0 Å². The van der Waals surface area contributed by atoms with Crippen LogP contribution >= 0.6 is 35.7 Å². The third kappa shape index (κ3) is 10.9. The van der Waals surface area contributed by atoms with Gasteiger partial charge in [0.05, 0.1) is 6.54 Å². The van der Waals surface area contributed by atoms with Crippen LogP contribution in [-0.2, 0) is 12.3 Å². The molecule has 144 valence electrons. The monoisotopic (exact) mass is 482 g/mol. The molecule has 0 atom stereocenters. The van der Waals surface area contributed by atoms with Gasteiger partial charge < -0.3 is 16.0 Å². The maximum atomic E-state index is 13.4. The minimum atomic E-state index is -0.190. The molecule has 0 aliphatic heterocycles. The highest BCUT2D eigenvalue weighted by molar-refractivity contribution is 14.0. The van der Waals surface area contributed by atoms with Crippen molar-refractivity contribution in [3.05, 3.63) is 35.1 Å². The van der Waals surface area contributed by atoms with Gasteiger partial charge in [-0.05, 0) is 57.2 Å². The van der Waals surface area contributed by atoms with Gasteiger partial charge in [0.25, 0.3) is 0 Å². The fourth-order valence-corrected chi connectivity index (χ4v) is 2.74. The van der Waals surface area contributed by atoms with Crippen LogP contribution in [-0.4, -0.2) is 37.4 Å². The predicted molar refractivity (Wildman–Crippen MR) is 120 cm³/mol. The quantitative estimate of drug-likeness (QED) is 0.229. The Labute approximate surface area is 173 Å². The van der Waals surface area contributed by atoms with Crippen LogP contribution in [0.15, 0.2) is 23.2 Å². The van der Waals surface area contributed by atoms with Crippen LogP contribution in [0.5, 0.6) is 0 Å². The van der Waals surface area contributed by atoms with Crippen LogP contribution in [0, 0.1) is 5.82 Å². The average Bonchev–Trinajstić information content (AvgIpc) is 2.50. The van der Waals surface area contributed by atoms with E-state index < -0.39 is 0 Å². The maximum absolute atomic E-state index is 13.4. The summed E-state index contributed by atoms with van der Waals surface area (Å²) in [4.78, 5) is 4.63. The van der Waals surface area contributed by atoms with E-state index in [9.17, 15) is 4.39 Å². The van der Waals surface area contributed by atoms with Crippen LogP contribution in [0.2, 0.25) is 0 Å². The Hall–Kier alpha value is -0.540. The minimum absolute atomic E-state index is 0. The second-order valence-electron chi connectivity index (χ2n) is 6.64. The van der Waals surface area contributed by atoms with E-state index in [1.807, 2.05) is 19.2 Å². The Morgan fingerprint density at radius 3 is 2.48 bits per heavy atom. The summed E-state index contributed by atoms with van der Waals surface area (Å²) in [7, 11) is 0. The van der Waals surface area contributed by atoms with Crippen molar-refractivity contribution in [2.75, 3.05) is 25.9 Å². The third-order valence-corrected chi connectivity index (χ3v) is 3.89. The van der Waals surface area contributed by atoms with Crippen molar-refractivity contribution in [1.82, 2.24) is 16.0 Å². The van der Waals surface area contributed by atoms with Crippen LogP contribution in [0.25, 0.3) is 0 Å². The van der Waals surface area contributed by atoms with Crippen molar-refractivity contribution in [1.29, 1.82) is 0 Å². The predicted octanol–water partition coefficient (Wildman–Crippen LogP) is 3.75. The molecule has 0 spiro atoms. The van der Waals surface area contributed by atoms with E-state index in [4.69, 9.17) is 0 Å². The number of nitrogens with zero attached hydrogens (tertiary/aromatic N) is 1. The first-order chi connectivity index (χ1) is 11.4. The molecule has 25 heavy (non-hydrogen) atoms. The molecule has 0 aliphatic carbocycles. The van der Waals surface area contributed by atoms with E-state index >= 15 is 0 Å². The Morgan fingerprint density at radius 2 is 1.88 bits per heavy atom. The lowest BCUT2D eigenvalue weighted by molar-refractivity contribution is 0.428. The molecule has 0 heterocycles. The van der Waals surface area contributed by atoms with Crippen LogP contribution in [0.1, 0.15) is 38.8 Å². The molecule has 4 nitrogen and oxygen atoms in total. The smallest absolute Gasteiger partial charge is 0.191 e. The molecular formula is C18H32FIN4S. The van der Waals surface area contributed by atoms with Gasteiger partial charge >= 0.3 is 0 Å². The lowest BCUT2D eigenvalue weighted by Crippen LogP contribution is -2.44. The van der Waals surface area contributed by atoms with Gasteiger partial charge in [0.1, 0.15) is 5.82 Å². The van der Waals surface area contributed by atoms with E-state index in [0.29, 0.717) is 6.54 Å². The molecule has 1 aromatic rings. The lowest BCUT2D eigenvalue weighted by Gasteiger charge is -2.21. The summed E-state index contributed by atoms with van der Waals surface area (Å²) in [5.74, 6) is 1.39. The second-order valence-corrected chi connectivity index (χ2v) is 7.51. The van der Waals surface area contributed by atoms with Gasteiger partial charge in [-0.2, -0.15) is 11.8 Å². The van der Waals surface area contributed by atoms with E-state index in [1.165, 1.54) is 6.07 Å². The molecule has 3 N–H and O–H groups in total. The van der Waals surface area contributed by atoms with Gasteiger partial charge in [-0.25, -0.2) is 9.38 Å². The van der Waals surface area contributed by atoms with Gasteiger partial charge in [0.15, 0.2) is 5.96 Å². The number of halogens is 2. The molecule has 0 bridgehead atoms. The third-order valence-electron chi connectivity index (χ3n) is 3.29. The number of hydrogen-bond donors (Lipinski definition) is 3. The van der Waals surface area contributed by atoms with Crippen molar-refractivity contribution >= 4 is 41.7 Å². The van der Waals surface area contributed by atoms with Crippen molar-refractivity contribution in [3.63, 3.8) is 0 Å². The van der Waals surface area contributed by atoms with Gasteiger partial charge in [-0.15, -0.1) is 24.0 Å². The minimum Gasteiger partial charge on any atom is -0.357 e. The Balaban J connectivity index is 0.00000576. The molecular weight excluding hydrogens is 450 g/mol. The standard InChI is InChI=1S/C18H31FN4S.HI/c1-6-20-17(21-9-10-23-18(2,3)4)22-12-14-7-8-16(19)11-15(14)13-24-5;/h7-8,11,23H,6,9-10,12-13H2,1-5H3,(H2,20,21,22);1H. The normalized spacial score (nSPS) is 11.8. The van der Waals surface area contributed by atoms with E-state index in [2.05, 4.69) is 41.7 Å². The molecule has 1 aromatic carbocycles. The van der Waals surface area contributed by atoms with E-state index in [0.717, 1.165) is 42.5 Å². The molecule has 0 aromatic heterocycles. The van der Waals surface area contributed by atoms with Crippen LogP contribution in [0.3, 0.4) is 0 Å². The summed E-state index contributed by atoms with van der Waals surface area (Å²) in [6.45, 7) is 11.5. The number of hydrogen-bond acceptors (Lipinski definition) is 3. The molecule has 0 aliphatic rings. The molecule has 0 amide bonds. The van der Waals surface area contributed by atoms with Gasteiger partial charge in [-0.1, -0.05) is 6.07 Å². The van der Waals surface area contributed by atoms with Crippen molar-refractivity contribution < 1.29 is 4.39 Å². The van der Waals surface area contributed by atoms with Crippen molar-refractivity contribution in [2.45, 2.75) is 45.5 Å². The highest BCUT2D eigenvalue weighted by Crippen LogP contribution is 2.17. The molecule has 0 fully saturated rings. The molecule has 0 radical (unpaired) electrons. The summed E-state index contributed by atoms with van der Waals surface area (Å²) >= 11 is 1.69. The SMILES string of the molecule is CCNC(=NCc1ccc(F)cc1CSC)NCCNC(C)(C)C.I. The fraction of sp³-hybridized carbons (Fsp3) is 0.611. The fourth-order valence-electron chi connectivity index (χ4n) is 2.16. The van der Waals surface area contributed by atoms with Crippen LogP contribution < -0.4 is 16.0 Å². The number of benzene rings is 1. The first-order valence-corrected chi connectivity index (χ1v) is 9.78. The zero-order valence-electron chi connectivity index (χ0n) is 15.9. The Bertz CT molecular complexity index is 532. The number of thioether (sulfide) groups is 1. The highest BCUT2D eigenvalue weighted by atomic mass is 127. The zero-order valence-corrected chi connectivity index (χ0v) is 19.1. The molecule has 0 saturated heterocycles. The molecule has 1 rings (SSSR count). The summed E-state index contributed by atoms with van der Waals surface area (Å²) in [5, 5.41) is 10.0. The topological polar surface area (TPSA) is 48.5 Å². The number of nitrogens with one attached hydrogen (secondary N) is 3. The van der Waals surface area contributed by atoms with Gasteiger partial charge in [-0.3, -0.25) is 0 Å². The largest absolute Gasteiger partial charge is 0.357 e. The van der Waals surface area contributed by atoms with Gasteiger partial charge in [0, 0.05) is 30.9 Å². The summed E-state index contributed by atoms with van der Waals surface area (Å²) < 4.78 is 13.4. The maximum Gasteiger partial charge on any atom is 0.191 e. The molecule has 0 unspecified atom stereocenters. The Kier molecular flexibility index (Phi) is 12.5. The number of rotatable bonds is 8. The first kappa shape index (κ1) is 24.5. The Morgan fingerprint density at radius 1 is 1.16 bits per heavy atom. The number of guanidine groups is 1. The summed E-state index contributed by atoms with van der Waals surface area (Å²) in [6, 6.07) is 4.94. The zero-order chi connectivity index (χ0) is 18.0. The lowest BCUT2D eigenvalue weighted by atomic mass is 10.1. The summed E-state index contributed by atoms with van der Waals surface area (Å²) in [6.07, 6.45) is 2.02. The van der Waals surface area contributed by atoms with E-state index in [1.54, 1.807) is 17.8 Å². The van der Waals surface area contributed by atoms with E-state index in [-0.39, 0.29) is 35.3 Å². The second kappa shape index (κ2) is 12.8. The first-order valence-electron chi connectivity index (χ1n) is 8.39. The summed E-state index contributed by atoms with van der Waals surface area (Å²) in [5.41, 5.74) is 2.19. The average molecular weight is 482 g/mol. The van der Waals surface area contributed by atoms with Crippen LogP contribution in [0.4, 0.5) is 4.39 Å².